The van der Waals surface area contributed by atoms with E-state index in [4.69, 9.17) is 4.74 Å². The molecule has 7 heteroatoms. The topological polar surface area (TPSA) is 83.0 Å². The molecular weight excluding hydrogens is 418 g/mol. The molecule has 0 saturated carbocycles. The molecule has 1 saturated heterocycles. The Labute approximate surface area is 192 Å². The number of Topliss-reactive ketones (excluding diaryl/α,β-unsaturated/α-hetero) is 1. The van der Waals surface area contributed by atoms with Crippen molar-refractivity contribution >= 4 is 28.8 Å². The summed E-state index contributed by atoms with van der Waals surface area (Å²) in [5.41, 5.74) is 2.62. The third-order valence-electron chi connectivity index (χ3n) is 5.53. The van der Waals surface area contributed by atoms with Gasteiger partial charge in [-0.25, -0.2) is 0 Å². The highest BCUT2D eigenvalue weighted by Crippen LogP contribution is 2.42. The van der Waals surface area contributed by atoms with Crippen LogP contribution in [0, 0.1) is 0 Å². The van der Waals surface area contributed by atoms with Crippen molar-refractivity contribution in [2.45, 2.75) is 13.0 Å². The van der Waals surface area contributed by atoms with Crippen molar-refractivity contribution in [2.24, 2.45) is 0 Å². The second kappa shape index (κ2) is 9.16. The summed E-state index contributed by atoms with van der Waals surface area (Å²) in [6.07, 6.45) is 3.20. The summed E-state index contributed by atoms with van der Waals surface area (Å²) >= 11 is 0. The van der Waals surface area contributed by atoms with Crippen LogP contribution in [-0.4, -0.2) is 42.5 Å². The van der Waals surface area contributed by atoms with Crippen LogP contribution < -0.4 is 14.5 Å². The number of hydrogen-bond donors (Lipinski definition) is 1. The maximum Gasteiger partial charge on any atom is 0.300 e. The fourth-order valence-electron chi connectivity index (χ4n) is 3.93. The average Bonchev–Trinajstić information content (AvgIpc) is 3.10. The minimum atomic E-state index is -0.797. The predicted octanol–water partition coefficient (Wildman–Crippen LogP) is 4.17. The zero-order chi connectivity index (χ0) is 23.5. The number of hydrogen-bond acceptors (Lipinski definition) is 6. The molecule has 2 heterocycles. The van der Waals surface area contributed by atoms with Gasteiger partial charge < -0.3 is 14.7 Å². The standard InChI is InChI=1S/C26H25N3O4/c1-4-33-21-7-5-6-18(16-21)24(30)22-23(17-12-14-27-15-13-17)29(26(32)25(22)31)20-10-8-19(9-11-20)28(2)3/h5-16,23,30H,4H2,1-3H3/b24-22+. The first-order valence-electron chi connectivity index (χ1n) is 10.6. The summed E-state index contributed by atoms with van der Waals surface area (Å²) in [6, 6.07) is 16.9. The van der Waals surface area contributed by atoms with Gasteiger partial charge in [-0.2, -0.15) is 0 Å². The predicted molar refractivity (Wildman–Crippen MR) is 127 cm³/mol. The SMILES string of the molecule is CCOc1cccc(/C(O)=C2\C(=O)C(=O)N(c3ccc(N(C)C)cc3)C2c2ccncc2)c1. The second-order valence-electron chi connectivity index (χ2n) is 7.82. The molecule has 0 radical (unpaired) electrons. The molecule has 3 aromatic rings. The molecule has 4 rings (SSSR count). The van der Waals surface area contributed by atoms with Crippen LogP contribution in [0.4, 0.5) is 11.4 Å². The quantitative estimate of drug-likeness (QED) is 0.350. The number of carbonyl (C=O) groups is 2. The Balaban J connectivity index is 1.88. The zero-order valence-corrected chi connectivity index (χ0v) is 18.7. The summed E-state index contributed by atoms with van der Waals surface area (Å²) < 4.78 is 5.53. The number of aromatic nitrogens is 1. The molecular formula is C26H25N3O4. The largest absolute Gasteiger partial charge is 0.507 e. The molecule has 33 heavy (non-hydrogen) atoms. The lowest BCUT2D eigenvalue weighted by Crippen LogP contribution is -2.29. The van der Waals surface area contributed by atoms with Crippen molar-refractivity contribution in [3.05, 3.63) is 89.8 Å². The van der Waals surface area contributed by atoms with E-state index in [2.05, 4.69) is 4.98 Å². The fraction of sp³-hybridized carbons (Fsp3) is 0.192. The van der Waals surface area contributed by atoms with Crippen LogP contribution >= 0.6 is 0 Å². The Hall–Kier alpha value is -4.13. The minimum Gasteiger partial charge on any atom is -0.507 e. The van der Waals surface area contributed by atoms with Gasteiger partial charge in [0.25, 0.3) is 11.7 Å². The Morgan fingerprint density at radius 2 is 1.76 bits per heavy atom. The average molecular weight is 444 g/mol. The van der Waals surface area contributed by atoms with E-state index in [9.17, 15) is 14.7 Å². The van der Waals surface area contributed by atoms with Crippen LogP contribution in [0.5, 0.6) is 5.75 Å². The number of pyridine rings is 1. The molecule has 0 aliphatic carbocycles. The number of nitrogens with zero attached hydrogens (tertiary/aromatic N) is 3. The van der Waals surface area contributed by atoms with Gasteiger partial charge in [-0.1, -0.05) is 12.1 Å². The van der Waals surface area contributed by atoms with E-state index in [-0.39, 0.29) is 11.3 Å². The number of anilines is 2. The van der Waals surface area contributed by atoms with E-state index < -0.39 is 17.7 Å². The van der Waals surface area contributed by atoms with Gasteiger partial charge in [-0.15, -0.1) is 0 Å². The number of aliphatic hydroxyl groups is 1. The molecule has 7 nitrogen and oxygen atoms in total. The minimum absolute atomic E-state index is 0.0246. The molecule has 0 spiro atoms. The molecule has 0 bridgehead atoms. The first kappa shape index (κ1) is 22.1. The number of aliphatic hydroxyl groups excluding tert-OH is 1. The first-order valence-corrected chi connectivity index (χ1v) is 10.6. The summed E-state index contributed by atoms with van der Waals surface area (Å²) in [4.78, 5) is 33.8. The molecule has 1 aromatic heterocycles. The van der Waals surface area contributed by atoms with Crippen LogP contribution in [0.3, 0.4) is 0 Å². The van der Waals surface area contributed by atoms with Crippen molar-refractivity contribution in [3.8, 4) is 5.75 Å². The smallest absolute Gasteiger partial charge is 0.300 e. The number of rotatable bonds is 6. The van der Waals surface area contributed by atoms with E-state index in [1.165, 1.54) is 4.90 Å². The van der Waals surface area contributed by atoms with Crippen molar-refractivity contribution in [3.63, 3.8) is 0 Å². The van der Waals surface area contributed by atoms with Crippen molar-refractivity contribution < 1.29 is 19.4 Å². The van der Waals surface area contributed by atoms with Crippen molar-refractivity contribution in [2.75, 3.05) is 30.5 Å². The maximum atomic E-state index is 13.2. The van der Waals surface area contributed by atoms with E-state index in [1.54, 1.807) is 60.9 Å². The number of ether oxygens (including phenoxy) is 1. The van der Waals surface area contributed by atoms with Gasteiger partial charge in [0, 0.05) is 43.4 Å². The van der Waals surface area contributed by atoms with Gasteiger partial charge in [0.1, 0.15) is 11.5 Å². The molecule has 2 aromatic carbocycles. The molecule has 1 fully saturated rings. The first-order chi connectivity index (χ1) is 15.9. The van der Waals surface area contributed by atoms with Gasteiger partial charge >= 0.3 is 0 Å². The Morgan fingerprint density at radius 1 is 1.06 bits per heavy atom. The van der Waals surface area contributed by atoms with Crippen LogP contribution in [0.25, 0.3) is 5.76 Å². The third kappa shape index (κ3) is 4.17. The molecule has 168 valence electrons. The number of ketones is 1. The molecule has 1 aliphatic heterocycles. The summed E-state index contributed by atoms with van der Waals surface area (Å²) in [7, 11) is 3.85. The normalized spacial score (nSPS) is 17.3. The van der Waals surface area contributed by atoms with Crippen LogP contribution in [0.2, 0.25) is 0 Å². The molecule has 1 atom stereocenters. The highest BCUT2D eigenvalue weighted by atomic mass is 16.5. The van der Waals surface area contributed by atoms with E-state index >= 15 is 0 Å². The van der Waals surface area contributed by atoms with Gasteiger partial charge in [0.2, 0.25) is 0 Å². The monoisotopic (exact) mass is 443 g/mol. The van der Waals surface area contributed by atoms with Gasteiger partial charge in [-0.05, 0) is 61.0 Å². The van der Waals surface area contributed by atoms with Crippen LogP contribution in [0.1, 0.15) is 24.1 Å². The lowest BCUT2D eigenvalue weighted by molar-refractivity contribution is -0.132. The maximum absolute atomic E-state index is 13.2. The Kier molecular flexibility index (Phi) is 6.13. The molecule has 1 aliphatic rings. The number of carbonyl (C=O) groups excluding carboxylic acids is 2. The summed E-state index contributed by atoms with van der Waals surface area (Å²) in [5.74, 6) is -1.12. The van der Waals surface area contributed by atoms with E-state index in [0.717, 1.165) is 5.69 Å². The Morgan fingerprint density at radius 3 is 2.39 bits per heavy atom. The van der Waals surface area contributed by atoms with E-state index in [1.807, 2.05) is 38.1 Å². The van der Waals surface area contributed by atoms with Gasteiger partial charge in [-0.3, -0.25) is 19.5 Å². The Bertz CT molecular complexity index is 1200. The number of amides is 1. The fourth-order valence-corrected chi connectivity index (χ4v) is 3.93. The molecule has 1 N–H and O–H groups in total. The lowest BCUT2D eigenvalue weighted by atomic mass is 9.95. The lowest BCUT2D eigenvalue weighted by Gasteiger charge is -2.26. The van der Waals surface area contributed by atoms with Crippen molar-refractivity contribution in [1.82, 2.24) is 4.98 Å². The highest BCUT2D eigenvalue weighted by Gasteiger charge is 2.47. The number of benzene rings is 2. The van der Waals surface area contributed by atoms with Gasteiger partial charge in [0.05, 0.1) is 18.2 Å². The van der Waals surface area contributed by atoms with Crippen LogP contribution in [-0.2, 0) is 9.59 Å². The van der Waals surface area contributed by atoms with Crippen molar-refractivity contribution in [1.29, 1.82) is 0 Å². The van der Waals surface area contributed by atoms with E-state index in [0.29, 0.717) is 29.2 Å². The second-order valence-corrected chi connectivity index (χ2v) is 7.82. The van der Waals surface area contributed by atoms with Crippen LogP contribution in [0.15, 0.2) is 78.6 Å². The summed E-state index contributed by atoms with van der Waals surface area (Å²) in [6.45, 7) is 2.33. The molecule has 1 amide bonds. The summed E-state index contributed by atoms with van der Waals surface area (Å²) in [5, 5.41) is 11.2. The van der Waals surface area contributed by atoms with Gasteiger partial charge in [0.15, 0.2) is 0 Å². The third-order valence-corrected chi connectivity index (χ3v) is 5.53. The molecule has 1 unspecified atom stereocenters. The zero-order valence-electron chi connectivity index (χ0n) is 18.7. The highest BCUT2D eigenvalue weighted by molar-refractivity contribution is 6.51.